The Hall–Kier alpha value is 0.494. The minimum Gasteiger partial charge on any atom is -0.553 e. The molecule has 0 aromatic carbocycles. The topological polar surface area (TPSA) is 49.8 Å². The quantitative estimate of drug-likeness (QED) is 0.334. The van der Waals surface area contributed by atoms with Crippen molar-refractivity contribution in [2.75, 3.05) is 6.61 Å². The van der Waals surface area contributed by atoms with E-state index in [2.05, 4.69) is 11.8 Å². The van der Waals surface area contributed by atoms with Crippen molar-refractivity contribution in [2.24, 2.45) is 0 Å². The van der Waals surface area contributed by atoms with Crippen molar-refractivity contribution in [3.8, 4) is 0 Å². The van der Waals surface area contributed by atoms with Gasteiger partial charge in [-0.1, -0.05) is 0 Å². The van der Waals surface area contributed by atoms with Crippen LogP contribution in [0.1, 0.15) is 6.92 Å². The second-order valence-corrected chi connectivity index (χ2v) is 1.71. The Kier molecular flexibility index (Phi) is 16.7. The van der Waals surface area contributed by atoms with Gasteiger partial charge in [0.05, 0.1) is 6.04 Å². The molecule has 0 saturated carbocycles. The van der Waals surface area contributed by atoms with E-state index in [0.29, 0.717) is 11.5 Å². The SMILES string of the molecule is [CH2-]OCC(C)N(O)C=O.[CH3-].[Y]. The Bertz CT molecular complexity index is 91.9. The Morgan fingerprint density at radius 2 is 2.27 bits per heavy atom. The van der Waals surface area contributed by atoms with Gasteiger partial charge < -0.3 is 12.2 Å². The molecule has 11 heavy (non-hydrogen) atoms. The number of carbonyl (C=O) groups excluding carboxylic acids is 1. The maximum atomic E-state index is 9.82. The molecule has 1 amide bonds. The second kappa shape index (κ2) is 10.5. The van der Waals surface area contributed by atoms with Gasteiger partial charge in [-0.05, 0) is 6.92 Å². The molecule has 0 aromatic rings. The minimum absolute atomic E-state index is 0. The first kappa shape index (κ1) is 17.5. The number of ether oxygens (including phenoxy) is 1. The second-order valence-electron chi connectivity index (χ2n) is 1.71. The monoisotopic (exact) mass is 236 g/mol. The molecular formula is C6H13NO3Y-2. The summed E-state index contributed by atoms with van der Waals surface area (Å²) < 4.78 is 4.42. The fourth-order valence-corrected chi connectivity index (χ4v) is 0.351. The third-order valence-electron chi connectivity index (χ3n) is 0.919. The molecule has 1 N–H and O–H groups in total. The molecule has 1 atom stereocenters. The third-order valence-corrected chi connectivity index (χ3v) is 0.919. The summed E-state index contributed by atoms with van der Waals surface area (Å²) in [6.07, 6.45) is 0.323. The molecule has 5 heteroatoms. The normalized spacial score (nSPS) is 10.5. The molecule has 0 spiro atoms. The van der Waals surface area contributed by atoms with Crippen molar-refractivity contribution in [1.82, 2.24) is 5.06 Å². The van der Waals surface area contributed by atoms with Gasteiger partial charge in [0.2, 0.25) is 6.41 Å². The van der Waals surface area contributed by atoms with Gasteiger partial charge >= 0.3 is 0 Å². The summed E-state index contributed by atoms with van der Waals surface area (Å²) in [5.41, 5.74) is 0. The fourth-order valence-electron chi connectivity index (χ4n) is 0.351. The van der Waals surface area contributed by atoms with E-state index in [0.717, 1.165) is 0 Å². The molecule has 0 fully saturated rings. The molecule has 1 radical (unpaired) electrons. The van der Waals surface area contributed by atoms with E-state index in [1.165, 1.54) is 0 Å². The number of carbonyl (C=O) groups is 1. The average molecular weight is 236 g/mol. The molecule has 0 aliphatic heterocycles. The van der Waals surface area contributed by atoms with Gasteiger partial charge in [-0.25, -0.2) is 12.2 Å². The van der Waals surface area contributed by atoms with Gasteiger partial charge in [-0.15, -0.1) is 0 Å². The molecule has 0 saturated heterocycles. The Morgan fingerprint density at radius 1 is 1.82 bits per heavy atom. The van der Waals surface area contributed by atoms with Crippen LogP contribution < -0.4 is 0 Å². The number of rotatable bonds is 4. The van der Waals surface area contributed by atoms with Crippen LogP contribution in [-0.4, -0.2) is 29.3 Å². The first-order valence-electron chi connectivity index (χ1n) is 2.52. The molecule has 0 rings (SSSR count). The van der Waals surface area contributed by atoms with Crippen LogP contribution in [0, 0.1) is 14.5 Å². The molecule has 0 heterocycles. The predicted molar refractivity (Wildman–Crippen MR) is 36.9 cm³/mol. The first-order chi connectivity index (χ1) is 4.22. The largest absolute Gasteiger partial charge is 0.553 e. The van der Waals surface area contributed by atoms with Gasteiger partial charge in [0.25, 0.3) is 0 Å². The van der Waals surface area contributed by atoms with Crippen molar-refractivity contribution in [3.63, 3.8) is 0 Å². The van der Waals surface area contributed by atoms with E-state index in [9.17, 15) is 4.79 Å². The van der Waals surface area contributed by atoms with E-state index in [1.807, 2.05) is 0 Å². The zero-order valence-electron chi connectivity index (χ0n) is 6.86. The summed E-state index contributed by atoms with van der Waals surface area (Å²) >= 11 is 0. The summed E-state index contributed by atoms with van der Waals surface area (Å²) in [5.74, 6) is 0. The van der Waals surface area contributed by atoms with Crippen LogP contribution in [0.3, 0.4) is 0 Å². The smallest absolute Gasteiger partial charge is 0.233 e. The minimum atomic E-state index is -0.333. The molecule has 0 aliphatic rings. The molecule has 4 nitrogen and oxygen atoms in total. The zero-order chi connectivity index (χ0) is 7.28. The summed E-state index contributed by atoms with van der Waals surface area (Å²) in [6.45, 7) is 1.87. The van der Waals surface area contributed by atoms with Gasteiger partial charge in [-0.2, -0.15) is 0 Å². The van der Waals surface area contributed by atoms with Crippen LogP contribution >= 0.6 is 0 Å². The number of nitrogens with zero attached hydrogens (tertiary/aromatic N) is 1. The fraction of sp³-hybridized carbons (Fsp3) is 0.500. The summed E-state index contributed by atoms with van der Waals surface area (Å²) in [4.78, 5) is 9.82. The van der Waals surface area contributed by atoms with Crippen LogP contribution in [0.2, 0.25) is 0 Å². The molecule has 65 valence electrons. The van der Waals surface area contributed by atoms with Crippen molar-refractivity contribution in [1.29, 1.82) is 0 Å². The van der Waals surface area contributed by atoms with E-state index in [1.54, 1.807) is 6.92 Å². The first-order valence-corrected chi connectivity index (χ1v) is 2.52. The number of amides is 1. The van der Waals surface area contributed by atoms with Crippen molar-refractivity contribution < 1.29 is 47.4 Å². The van der Waals surface area contributed by atoms with Crippen LogP contribution in [0.5, 0.6) is 0 Å². The number of hydroxylamine groups is 2. The predicted octanol–water partition coefficient (Wildman–Crippen LogP) is 0.478. The van der Waals surface area contributed by atoms with Gasteiger partial charge in [0.15, 0.2) is 0 Å². The van der Waals surface area contributed by atoms with Crippen LogP contribution in [0.15, 0.2) is 0 Å². The standard InChI is InChI=1S/C5H10NO3.CH3.Y/c1-5(3-9-2)6(8)4-7;;/h4-5,8H,2-3H2,1H3;1H3;/q2*-1;. The van der Waals surface area contributed by atoms with Gasteiger partial charge in [0, 0.05) is 39.3 Å². The molecule has 0 aliphatic carbocycles. The third kappa shape index (κ3) is 8.40. The van der Waals surface area contributed by atoms with Crippen LogP contribution in [0.4, 0.5) is 0 Å². The van der Waals surface area contributed by atoms with Crippen molar-refractivity contribution >= 4 is 6.41 Å². The maximum absolute atomic E-state index is 9.82. The van der Waals surface area contributed by atoms with Crippen LogP contribution in [0.25, 0.3) is 0 Å². The summed E-state index contributed by atoms with van der Waals surface area (Å²) in [6, 6.07) is -0.333. The Balaban J connectivity index is -0.000000320. The van der Waals surface area contributed by atoms with Crippen LogP contribution in [-0.2, 0) is 42.2 Å². The molecule has 0 bridgehead atoms. The molecule has 1 unspecified atom stereocenters. The Morgan fingerprint density at radius 3 is 2.55 bits per heavy atom. The van der Waals surface area contributed by atoms with E-state index in [4.69, 9.17) is 5.21 Å². The van der Waals surface area contributed by atoms with E-state index in [-0.39, 0.29) is 52.8 Å². The molecule has 0 aromatic heterocycles. The molecular weight excluding hydrogens is 223 g/mol. The van der Waals surface area contributed by atoms with E-state index < -0.39 is 0 Å². The van der Waals surface area contributed by atoms with Crippen molar-refractivity contribution in [3.05, 3.63) is 14.5 Å². The maximum Gasteiger partial charge on any atom is 0.233 e. The summed E-state index contributed by atoms with van der Waals surface area (Å²) in [5, 5.41) is 9.15. The van der Waals surface area contributed by atoms with Gasteiger partial charge in [-0.3, -0.25) is 10.0 Å². The summed E-state index contributed by atoms with van der Waals surface area (Å²) in [7, 11) is 3.09. The van der Waals surface area contributed by atoms with E-state index >= 15 is 0 Å². The Labute approximate surface area is 92.7 Å². The zero-order valence-corrected chi connectivity index (χ0v) is 9.70. The number of hydrogen-bond donors (Lipinski definition) is 1. The van der Waals surface area contributed by atoms with Crippen molar-refractivity contribution in [2.45, 2.75) is 13.0 Å². The number of hydrogen-bond acceptors (Lipinski definition) is 3. The average Bonchev–Trinajstić information content (AvgIpc) is 1.87. The van der Waals surface area contributed by atoms with Gasteiger partial charge in [0.1, 0.15) is 0 Å².